The molecule has 0 amide bonds. The van der Waals surface area contributed by atoms with Gasteiger partial charge in [0, 0.05) is 6.04 Å². The van der Waals surface area contributed by atoms with E-state index in [1.165, 1.54) is 6.07 Å². The molecule has 0 fully saturated rings. The van der Waals surface area contributed by atoms with Gasteiger partial charge in [0.25, 0.3) is 0 Å². The molecule has 21 heavy (non-hydrogen) atoms. The van der Waals surface area contributed by atoms with Crippen LogP contribution in [0, 0.1) is 5.82 Å². The van der Waals surface area contributed by atoms with Crippen LogP contribution in [-0.4, -0.2) is 8.75 Å². The van der Waals surface area contributed by atoms with Crippen LogP contribution in [0.2, 0.25) is 10.0 Å². The molecule has 3 aromatic rings. The van der Waals surface area contributed by atoms with Crippen molar-refractivity contribution in [3.63, 3.8) is 0 Å². The van der Waals surface area contributed by atoms with Crippen LogP contribution < -0.4 is 5.32 Å². The van der Waals surface area contributed by atoms with Crippen LogP contribution in [0.4, 0.5) is 10.1 Å². The van der Waals surface area contributed by atoms with Gasteiger partial charge in [0.05, 0.1) is 27.5 Å². The fraction of sp³-hybridized carbons (Fsp3) is 0.143. The molecule has 3 nitrogen and oxygen atoms in total. The van der Waals surface area contributed by atoms with Crippen LogP contribution in [0.15, 0.2) is 30.3 Å². The number of fused-ring (bicyclic) bond motifs is 1. The molecule has 7 heteroatoms. The second-order valence-electron chi connectivity index (χ2n) is 4.59. The highest BCUT2D eigenvalue weighted by molar-refractivity contribution is 7.00. The molecule has 0 radical (unpaired) electrons. The van der Waals surface area contributed by atoms with E-state index in [2.05, 4.69) is 14.1 Å². The Kier molecular flexibility index (Phi) is 3.97. The Morgan fingerprint density at radius 3 is 2.71 bits per heavy atom. The molecule has 1 unspecified atom stereocenters. The van der Waals surface area contributed by atoms with E-state index in [4.69, 9.17) is 23.2 Å². The molecule has 0 aliphatic rings. The van der Waals surface area contributed by atoms with Gasteiger partial charge in [-0.3, -0.25) is 0 Å². The summed E-state index contributed by atoms with van der Waals surface area (Å²) in [6.07, 6.45) is 0. The van der Waals surface area contributed by atoms with Gasteiger partial charge in [-0.05, 0) is 36.8 Å². The first kappa shape index (κ1) is 14.5. The van der Waals surface area contributed by atoms with E-state index >= 15 is 0 Å². The van der Waals surface area contributed by atoms with E-state index < -0.39 is 5.82 Å². The second kappa shape index (κ2) is 5.75. The lowest BCUT2D eigenvalue weighted by Crippen LogP contribution is -2.07. The highest BCUT2D eigenvalue weighted by Crippen LogP contribution is 2.33. The topological polar surface area (TPSA) is 37.8 Å². The van der Waals surface area contributed by atoms with Crippen molar-refractivity contribution in [2.24, 2.45) is 0 Å². The normalized spacial score (nSPS) is 12.6. The predicted octanol–water partition coefficient (Wildman–Crippen LogP) is 5.31. The van der Waals surface area contributed by atoms with Gasteiger partial charge in [-0.2, -0.15) is 8.75 Å². The number of nitrogens with one attached hydrogen (secondary N) is 1. The SMILES string of the molecule is CC(Nc1c(Cl)ccc2nsnc12)c1ccc(F)c(Cl)c1. The Bertz CT molecular complexity index is 806. The zero-order valence-electron chi connectivity index (χ0n) is 10.9. The van der Waals surface area contributed by atoms with Gasteiger partial charge in [0.1, 0.15) is 16.9 Å². The maximum atomic E-state index is 13.2. The lowest BCUT2D eigenvalue weighted by atomic mass is 10.1. The summed E-state index contributed by atoms with van der Waals surface area (Å²) >= 11 is 13.2. The Balaban J connectivity index is 1.95. The Morgan fingerprint density at radius 2 is 1.95 bits per heavy atom. The highest BCUT2D eigenvalue weighted by Gasteiger charge is 2.14. The number of halogens is 3. The molecule has 1 N–H and O–H groups in total. The third-order valence-corrected chi connectivity index (χ3v) is 4.33. The first-order valence-corrected chi connectivity index (χ1v) is 7.67. The molecular formula is C14H10Cl2FN3S. The number of hydrogen-bond donors (Lipinski definition) is 1. The molecule has 1 aromatic heterocycles. The first-order chi connectivity index (χ1) is 10.1. The maximum Gasteiger partial charge on any atom is 0.141 e. The van der Waals surface area contributed by atoms with E-state index in [0.717, 1.165) is 34.0 Å². The molecule has 0 aliphatic heterocycles. The fourth-order valence-corrected chi connectivity index (χ4v) is 2.98. The van der Waals surface area contributed by atoms with Gasteiger partial charge < -0.3 is 5.32 Å². The van der Waals surface area contributed by atoms with Crippen molar-refractivity contribution in [2.45, 2.75) is 13.0 Å². The molecule has 108 valence electrons. The molecule has 0 spiro atoms. The molecule has 1 heterocycles. The zero-order chi connectivity index (χ0) is 15.0. The summed E-state index contributed by atoms with van der Waals surface area (Å²) in [6.45, 7) is 1.94. The summed E-state index contributed by atoms with van der Waals surface area (Å²) < 4.78 is 21.7. The minimum Gasteiger partial charge on any atom is -0.375 e. The van der Waals surface area contributed by atoms with Crippen molar-refractivity contribution in [2.75, 3.05) is 5.32 Å². The van der Waals surface area contributed by atoms with Gasteiger partial charge in [0.15, 0.2) is 0 Å². The summed E-state index contributed by atoms with van der Waals surface area (Å²) in [7, 11) is 0. The van der Waals surface area contributed by atoms with Gasteiger partial charge in [-0.25, -0.2) is 4.39 Å². The van der Waals surface area contributed by atoms with Crippen molar-refractivity contribution in [1.82, 2.24) is 8.75 Å². The lowest BCUT2D eigenvalue weighted by molar-refractivity contribution is 0.627. The van der Waals surface area contributed by atoms with E-state index in [0.29, 0.717) is 5.02 Å². The van der Waals surface area contributed by atoms with E-state index in [1.807, 2.05) is 13.0 Å². The van der Waals surface area contributed by atoms with E-state index in [-0.39, 0.29) is 11.1 Å². The average molecular weight is 342 g/mol. The number of anilines is 1. The lowest BCUT2D eigenvalue weighted by Gasteiger charge is -2.17. The third kappa shape index (κ3) is 2.81. The van der Waals surface area contributed by atoms with Crippen LogP contribution >= 0.6 is 34.9 Å². The molecule has 0 aliphatic carbocycles. The Labute approximate surface area is 135 Å². The zero-order valence-corrected chi connectivity index (χ0v) is 13.2. The van der Waals surface area contributed by atoms with Crippen molar-refractivity contribution >= 4 is 51.7 Å². The number of aromatic nitrogens is 2. The molecule has 0 saturated heterocycles. The van der Waals surface area contributed by atoms with Crippen molar-refractivity contribution < 1.29 is 4.39 Å². The number of benzene rings is 2. The largest absolute Gasteiger partial charge is 0.375 e. The maximum absolute atomic E-state index is 13.2. The summed E-state index contributed by atoms with van der Waals surface area (Å²) in [6, 6.07) is 8.13. The summed E-state index contributed by atoms with van der Waals surface area (Å²) in [4.78, 5) is 0. The number of hydrogen-bond acceptors (Lipinski definition) is 4. The number of nitrogens with zero attached hydrogens (tertiary/aromatic N) is 2. The van der Waals surface area contributed by atoms with Crippen LogP contribution in [-0.2, 0) is 0 Å². The Morgan fingerprint density at radius 1 is 1.14 bits per heavy atom. The molecule has 0 saturated carbocycles. The van der Waals surface area contributed by atoms with Crippen molar-refractivity contribution in [3.8, 4) is 0 Å². The van der Waals surface area contributed by atoms with Crippen molar-refractivity contribution in [3.05, 3.63) is 51.8 Å². The highest BCUT2D eigenvalue weighted by atomic mass is 35.5. The standard InChI is InChI=1S/C14H10Cl2FN3S/c1-7(8-2-4-11(17)10(16)6-8)18-13-9(15)3-5-12-14(13)20-21-19-12/h2-7,18H,1H3. The smallest absolute Gasteiger partial charge is 0.141 e. The summed E-state index contributed by atoms with van der Waals surface area (Å²) in [5.74, 6) is -0.434. The first-order valence-electron chi connectivity index (χ1n) is 6.18. The molecule has 2 aromatic carbocycles. The fourth-order valence-electron chi connectivity index (χ4n) is 2.05. The summed E-state index contributed by atoms with van der Waals surface area (Å²) in [5.41, 5.74) is 3.09. The third-order valence-electron chi connectivity index (χ3n) is 3.18. The van der Waals surface area contributed by atoms with Gasteiger partial charge in [0.2, 0.25) is 0 Å². The molecule has 3 rings (SSSR count). The minimum atomic E-state index is -0.434. The molecule has 0 bridgehead atoms. The Hall–Kier alpha value is -1.43. The second-order valence-corrected chi connectivity index (χ2v) is 5.94. The van der Waals surface area contributed by atoms with Crippen LogP contribution in [0.3, 0.4) is 0 Å². The summed E-state index contributed by atoms with van der Waals surface area (Å²) in [5, 5.41) is 3.96. The van der Waals surface area contributed by atoms with Gasteiger partial charge >= 0.3 is 0 Å². The molecular weight excluding hydrogens is 332 g/mol. The minimum absolute atomic E-state index is 0.0979. The quantitative estimate of drug-likeness (QED) is 0.701. The van der Waals surface area contributed by atoms with Crippen LogP contribution in [0.1, 0.15) is 18.5 Å². The van der Waals surface area contributed by atoms with E-state index in [1.54, 1.807) is 18.2 Å². The van der Waals surface area contributed by atoms with Crippen LogP contribution in [0.5, 0.6) is 0 Å². The number of rotatable bonds is 3. The predicted molar refractivity (Wildman–Crippen MR) is 85.9 cm³/mol. The van der Waals surface area contributed by atoms with Crippen molar-refractivity contribution in [1.29, 1.82) is 0 Å². The molecule has 1 atom stereocenters. The monoisotopic (exact) mass is 341 g/mol. The van der Waals surface area contributed by atoms with Gasteiger partial charge in [-0.15, -0.1) is 0 Å². The van der Waals surface area contributed by atoms with Crippen LogP contribution in [0.25, 0.3) is 11.0 Å². The van der Waals surface area contributed by atoms with Gasteiger partial charge in [-0.1, -0.05) is 29.3 Å². The van der Waals surface area contributed by atoms with E-state index in [9.17, 15) is 4.39 Å². The average Bonchev–Trinajstić information content (AvgIpc) is 2.93.